The zero-order valence-corrected chi connectivity index (χ0v) is 37.3. The van der Waals surface area contributed by atoms with Crippen molar-refractivity contribution in [3.63, 3.8) is 0 Å². The molecule has 1 aliphatic carbocycles. The maximum Gasteiger partial charge on any atom is 0.417 e. The zero-order chi connectivity index (χ0) is 44.4. The summed E-state index contributed by atoms with van der Waals surface area (Å²) in [6, 6.07) is 4.99. The standard InChI is InChI=1S/C34H43F5N4OS.C8H15N.C4H6O/c1-9-12-27(44-8)42-31-23(20(6)43(7)21(11-3)15-19(5)18(4)10-2)16-25(34(37,38)39)29(30(31)36)22-13-14-26(35)32-28(22)24(17-40)33(41)45-32;1-7-5-8-3-2-4-9(8)6-7;1-3-4(2)5/h12-14,16,18-19,21,24,33H,9-11,15,41H2,1-8H3;7-8H,2-6H2,1H3;3H,1H2,2H3/b23-20+,27-12-,42-31+;;/t;7-,8?;/m.1./s1. The number of ketones is 1. The van der Waals surface area contributed by atoms with Gasteiger partial charge in [-0.15, -0.1) is 11.8 Å². The largest absolute Gasteiger partial charge is 0.481 e. The number of carbonyl (C=O) groups excluding carboxylic acids is 1. The van der Waals surface area contributed by atoms with Gasteiger partial charge in [-0.3, -0.25) is 4.79 Å². The van der Waals surface area contributed by atoms with Gasteiger partial charge in [-0.2, -0.15) is 18.4 Å². The summed E-state index contributed by atoms with van der Waals surface area (Å²) in [6.07, 6.45) is 6.19. The number of hydrogen-bond acceptors (Lipinski definition) is 8. The summed E-state index contributed by atoms with van der Waals surface area (Å²) in [7, 11) is 3.15. The van der Waals surface area contributed by atoms with Gasteiger partial charge in [-0.1, -0.05) is 60.6 Å². The molecule has 1 aromatic rings. The molecule has 0 radical (unpaired) electrons. The zero-order valence-electron chi connectivity index (χ0n) is 36.5. The van der Waals surface area contributed by atoms with E-state index in [1.54, 1.807) is 20.0 Å². The van der Waals surface area contributed by atoms with Crippen LogP contribution in [0, 0.1) is 34.9 Å². The molecule has 7 nitrogen and oxygen atoms in total. The normalized spacial score (nSPS) is 24.7. The van der Waals surface area contributed by atoms with Crippen LogP contribution in [0.1, 0.15) is 117 Å². The fourth-order valence-corrected chi connectivity index (χ4v) is 9.31. The molecule has 2 N–H and O–H groups in total. The summed E-state index contributed by atoms with van der Waals surface area (Å²) >= 11 is 0.843. The molecule has 326 valence electrons. The van der Waals surface area contributed by atoms with Crippen LogP contribution >= 0.6 is 11.8 Å². The molecule has 1 aromatic carbocycles. The first-order valence-corrected chi connectivity index (χ1v) is 21.6. The molecule has 2 fully saturated rings. The second-order valence-electron chi connectivity index (χ2n) is 16.1. The van der Waals surface area contributed by atoms with Crippen molar-refractivity contribution in [2.24, 2.45) is 28.5 Å². The van der Waals surface area contributed by atoms with E-state index < -0.39 is 40.3 Å². The molecule has 6 unspecified atom stereocenters. The van der Waals surface area contributed by atoms with E-state index in [2.05, 4.69) is 44.2 Å². The topological polar surface area (TPSA) is 94.9 Å². The van der Waals surface area contributed by atoms with Crippen LogP contribution in [0.3, 0.4) is 0 Å². The monoisotopic (exact) mass is 845 g/mol. The molecule has 2 saturated heterocycles. The van der Waals surface area contributed by atoms with Crippen molar-refractivity contribution in [3.05, 3.63) is 82.4 Å². The maximum atomic E-state index is 17.0. The molecule has 4 aliphatic rings. The molecule has 0 aromatic heterocycles. The molecule has 0 saturated carbocycles. The van der Waals surface area contributed by atoms with Crippen LogP contribution in [-0.4, -0.2) is 72.2 Å². The van der Waals surface area contributed by atoms with Gasteiger partial charge in [0.15, 0.2) is 11.6 Å². The number of aliphatic imine (C=N–C) groups is 1. The molecule has 0 bridgehead atoms. The molecule has 59 heavy (non-hydrogen) atoms. The van der Waals surface area contributed by atoms with Gasteiger partial charge in [0.25, 0.3) is 0 Å². The second kappa shape index (κ2) is 22.2. The van der Waals surface area contributed by atoms with Crippen molar-refractivity contribution in [1.29, 1.82) is 5.26 Å². The molecule has 7 atom stereocenters. The summed E-state index contributed by atoms with van der Waals surface area (Å²) in [4.78, 5) is 18.6. The molecule has 5 rings (SSSR count). The first-order chi connectivity index (χ1) is 27.8. The lowest BCUT2D eigenvalue weighted by molar-refractivity contribution is -0.112. The lowest BCUT2D eigenvalue weighted by atomic mass is 9.82. The average Bonchev–Trinajstić information content (AvgIpc) is 3.89. The summed E-state index contributed by atoms with van der Waals surface area (Å²) in [5.74, 6) is -1.29. The first-order valence-electron chi connectivity index (χ1n) is 20.8. The third-order valence-corrected chi connectivity index (χ3v) is 13.2. The molecule has 3 heterocycles. The number of thioether (sulfide) groups is 1. The Morgan fingerprint density at radius 3 is 2.37 bits per heavy atom. The first kappa shape index (κ1) is 49.6. The highest BCUT2D eigenvalue weighted by Gasteiger charge is 2.45. The summed E-state index contributed by atoms with van der Waals surface area (Å²) in [6.45, 7) is 21.8. The van der Waals surface area contributed by atoms with E-state index in [9.17, 15) is 27.6 Å². The van der Waals surface area contributed by atoms with Gasteiger partial charge in [0, 0.05) is 47.4 Å². The number of nitrogens with two attached hydrogens (primary N) is 1. The van der Waals surface area contributed by atoms with Crippen molar-refractivity contribution in [3.8, 4) is 6.07 Å². The molecule has 0 amide bonds. The van der Waals surface area contributed by atoms with Crippen LogP contribution < -0.4 is 5.73 Å². The van der Waals surface area contributed by atoms with E-state index in [0.29, 0.717) is 24.0 Å². The Kier molecular flexibility index (Phi) is 18.7. The van der Waals surface area contributed by atoms with E-state index in [-0.39, 0.29) is 45.0 Å². The summed E-state index contributed by atoms with van der Waals surface area (Å²) in [5, 5.41) is 8.91. The van der Waals surface area contributed by atoms with Crippen LogP contribution in [-0.2, 0) is 9.53 Å². The summed E-state index contributed by atoms with van der Waals surface area (Å²) < 4.78 is 82.0. The van der Waals surface area contributed by atoms with Crippen molar-refractivity contribution in [2.45, 2.75) is 135 Å². The minimum Gasteiger partial charge on any atom is -0.481 e. The van der Waals surface area contributed by atoms with Crippen LogP contribution in [0.25, 0.3) is 5.57 Å². The lowest BCUT2D eigenvalue weighted by Crippen LogP contribution is -2.34. The van der Waals surface area contributed by atoms with E-state index in [0.717, 1.165) is 61.2 Å². The number of nitriles is 1. The lowest BCUT2D eigenvalue weighted by Gasteiger charge is -2.35. The Balaban J connectivity index is 0.000000554. The quantitative estimate of drug-likeness (QED) is 0.127. The minimum absolute atomic E-state index is 0.0185. The van der Waals surface area contributed by atoms with Gasteiger partial charge in [0.1, 0.15) is 11.5 Å². The van der Waals surface area contributed by atoms with Crippen molar-refractivity contribution >= 4 is 28.8 Å². The number of nitrogens with zero attached hydrogens (tertiary/aromatic N) is 4. The molecular formula is C46H64F5N5O2S. The number of benzene rings is 1. The van der Waals surface area contributed by atoms with Crippen molar-refractivity contribution < 1.29 is 31.5 Å². The van der Waals surface area contributed by atoms with E-state index >= 15 is 4.39 Å². The fourth-order valence-electron chi connectivity index (χ4n) is 8.17. The SMILES string of the molecule is C=CC(C)=O.CC/C=C(/N=C1/C(F)=C(c2ccc(F)c3c2C(C#N)C(N)S3)C(C(F)(F)F)=C/C1=C(/C)N(C)C(CC)CC(C)C(C)CC)OC.C[C@@H]1CC2CCCN2C1. The third-order valence-electron chi connectivity index (χ3n) is 12.0. The highest BCUT2D eigenvalue weighted by atomic mass is 32.2. The van der Waals surface area contributed by atoms with Gasteiger partial charge in [-0.05, 0) is 112 Å². The number of allylic oxidation sites excluding steroid dienone is 8. The molecular weight excluding hydrogens is 782 g/mol. The number of fused-ring (bicyclic) bond motifs is 2. The Bertz CT molecular complexity index is 1850. The summed E-state index contributed by atoms with van der Waals surface area (Å²) in [5.41, 5.74) is 3.74. The maximum absolute atomic E-state index is 17.0. The van der Waals surface area contributed by atoms with Gasteiger partial charge in [-0.25, -0.2) is 13.8 Å². The second-order valence-corrected chi connectivity index (χ2v) is 17.3. The van der Waals surface area contributed by atoms with Gasteiger partial charge in [0.05, 0.1) is 30.0 Å². The third kappa shape index (κ3) is 12.2. The van der Waals surface area contributed by atoms with Crippen LogP contribution in [0.5, 0.6) is 0 Å². The van der Waals surface area contributed by atoms with E-state index in [1.807, 2.05) is 24.8 Å². The Morgan fingerprint density at radius 2 is 1.85 bits per heavy atom. The number of carbonyl (C=O) groups is 1. The van der Waals surface area contributed by atoms with Crippen molar-refractivity contribution in [2.75, 3.05) is 27.2 Å². The Morgan fingerprint density at radius 1 is 1.19 bits per heavy atom. The fraction of sp³-hybridized carbons (Fsp3) is 0.587. The van der Waals surface area contributed by atoms with Crippen LogP contribution in [0.15, 0.2) is 75.4 Å². The van der Waals surface area contributed by atoms with Gasteiger partial charge >= 0.3 is 6.18 Å². The number of hydrogen-bond donors (Lipinski definition) is 1. The van der Waals surface area contributed by atoms with Crippen LogP contribution in [0.2, 0.25) is 0 Å². The van der Waals surface area contributed by atoms with E-state index in [4.69, 9.17) is 10.5 Å². The average molecular weight is 846 g/mol. The van der Waals surface area contributed by atoms with E-state index in [1.165, 1.54) is 52.5 Å². The van der Waals surface area contributed by atoms with Crippen molar-refractivity contribution in [1.82, 2.24) is 9.80 Å². The Hall–Kier alpha value is -3.73. The predicted molar refractivity (Wildman–Crippen MR) is 231 cm³/mol. The number of alkyl halides is 3. The van der Waals surface area contributed by atoms with Gasteiger partial charge in [0.2, 0.25) is 5.88 Å². The highest BCUT2D eigenvalue weighted by molar-refractivity contribution is 8.00. The number of ether oxygens (including phenoxy) is 1. The van der Waals surface area contributed by atoms with Crippen LogP contribution in [0.4, 0.5) is 22.0 Å². The molecule has 0 spiro atoms. The molecule has 3 aliphatic heterocycles. The minimum atomic E-state index is -5.00. The highest BCUT2D eigenvalue weighted by Crippen LogP contribution is 2.52. The Labute approximate surface area is 353 Å². The number of halogens is 5. The molecule has 13 heteroatoms. The van der Waals surface area contributed by atoms with Gasteiger partial charge < -0.3 is 20.3 Å². The smallest absolute Gasteiger partial charge is 0.417 e. The predicted octanol–water partition coefficient (Wildman–Crippen LogP) is 11.7. The number of rotatable bonds is 12. The number of methoxy groups -OCH3 is 1.